The van der Waals surface area contributed by atoms with Gasteiger partial charge in [0.2, 0.25) is 5.91 Å². The number of nitrogens with one attached hydrogen (secondary N) is 1. The molecule has 106 valence electrons. The molecule has 3 rings (SSSR count). The van der Waals surface area contributed by atoms with Crippen LogP contribution in [0.15, 0.2) is 6.07 Å². The van der Waals surface area contributed by atoms with E-state index in [0.717, 1.165) is 24.6 Å². The number of carbonyl (C=O) groups excluding carboxylic acids is 1. The highest BCUT2D eigenvalue weighted by Crippen LogP contribution is 2.38. The first-order valence-electron chi connectivity index (χ1n) is 6.22. The summed E-state index contributed by atoms with van der Waals surface area (Å²) < 4.78 is 8.41. The predicted octanol–water partition coefficient (Wildman–Crippen LogP) is 2.71. The Hall–Kier alpha value is -0.950. The summed E-state index contributed by atoms with van der Waals surface area (Å²) in [5.74, 6) is 0.0114. The number of halogens is 2. The van der Waals surface area contributed by atoms with Gasteiger partial charge in [0.25, 0.3) is 0 Å². The van der Waals surface area contributed by atoms with Crippen molar-refractivity contribution in [3.63, 3.8) is 0 Å². The predicted molar refractivity (Wildman–Crippen MR) is 81.9 cm³/mol. The van der Waals surface area contributed by atoms with Crippen LogP contribution in [0.4, 0.5) is 5.69 Å². The van der Waals surface area contributed by atoms with Crippen LogP contribution < -0.4 is 10.2 Å². The molecule has 1 aliphatic heterocycles. The van der Waals surface area contributed by atoms with Crippen LogP contribution in [0.5, 0.6) is 0 Å². The molecule has 1 atom stereocenters. The van der Waals surface area contributed by atoms with Gasteiger partial charge in [0.15, 0.2) is 0 Å². The highest BCUT2D eigenvalue weighted by Gasteiger charge is 2.31. The van der Waals surface area contributed by atoms with Crippen molar-refractivity contribution in [3.8, 4) is 0 Å². The molecule has 1 aromatic carbocycles. The number of piperidine rings is 1. The molecule has 1 unspecified atom stereocenters. The van der Waals surface area contributed by atoms with Crippen molar-refractivity contribution >= 4 is 57.6 Å². The fourth-order valence-corrected chi connectivity index (χ4v) is 3.69. The van der Waals surface area contributed by atoms with Crippen LogP contribution in [0, 0.1) is 0 Å². The van der Waals surface area contributed by atoms with Crippen molar-refractivity contribution in [1.29, 1.82) is 0 Å². The molecule has 1 N–H and O–H groups in total. The Kier molecular flexibility index (Phi) is 3.81. The monoisotopic (exact) mass is 330 g/mol. The summed E-state index contributed by atoms with van der Waals surface area (Å²) in [6.07, 6.45) is 1.74. The maximum atomic E-state index is 12.5. The third-order valence-corrected chi connectivity index (χ3v) is 4.58. The molecule has 0 spiro atoms. The third-order valence-electron chi connectivity index (χ3n) is 3.48. The van der Waals surface area contributed by atoms with Crippen LogP contribution in [0.3, 0.4) is 0 Å². The van der Waals surface area contributed by atoms with E-state index in [-0.39, 0.29) is 11.9 Å². The lowest BCUT2D eigenvalue weighted by Gasteiger charge is -2.32. The summed E-state index contributed by atoms with van der Waals surface area (Å²) in [5, 5.41) is 3.92. The lowest BCUT2D eigenvalue weighted by Crippen LogP contribution is -2.50. The maximum absolute atomic E-state index is 12.5. The Morgan fingerprint density at radius 1 is 1.35 bits per heavy atom. The van der Waals surface area contributed by atoms with Crippen molar-refractivity contribution in [2.24, 2.45) is 0 Å². The van der Waals surface area contributed by atoms with Crippen molar-refractivity contribution in [3.05, 3.63) is 16.1 Å². The zero-order valence-electron chi connectivity index (χ0n) is 10.7. The Balaban J connectivity index is 2.14. The smallest absolute Gasteiger partial charge is 0.244 e. The Bertz CT molecular complexity index is 675. The normalized spacial score (nSPS) is 19.9. The molecule has 0 saturated carbocycles. The van der Waals surface area contributed by atoms with E-state index in [2.05, 4.69) is 14.1 Å². The second-order valence-corrected chi connectivity index (χ2v) is 5.97. The number of amides is 1. The van der Waals surface area contributed by atoms with Crippen LogP contribution in [-0.4, -0.2) is 34.3 Å². The second kappa shape index (κ2) is 5.44. The van der Waals surface area contributed by atoms with Crippen LogP contribution in [-0.2, 0) is 4.79 Å². The SMILES string of the molecule is CNC1CCCN(c2c(Cl)cc(Cl)c3nsnc23)C1=O. The highest BCUT2D eigenvalue weighted by atomic mass is 35.5. The second-order valence-electron chi connectivity index (χ2n) is 4.62. The molecule has 1 fully saturated rings. The summed E-state index contributed by atoms with van der Waals surface area (Å²) in [7, 11) is 1.79. The molecular formula is C12H12Cl2N4OS. The average Bonchev–Trinajstić information content (AvgIpc) is 2.90. The number of anilines is 1. The number of aromatic nitrogens is 2. The number of nitrogens with zero attached hydrogens (tertiary/aromatic N) is 3. The lowest BCUT2D eigenvalue weighted by atomic mass is 10.0. The molecule has 20 heavy (non-hydrogen) atoms. The van der Waals surface area contributed by atoms with Gasteiger partial charge >= 0.3 is 0 Å². The Morgan fingerprint density at radius 2 is 2.10 bits per heavy atom. The van der Waals surface area contributed by atoms with E-state index < -0.39 is 0 Å². The zero-order valence-corrected chi connectivity index (χ0v) is 13.0. The minimum Gasteiger partial charge on any atom is -0.309 e. The van der Waals surface area contributed by atoms with Gasteiger partial charge in [-0.15, -0.1) is 0 Å². The molecule has 8 heteroatoms. The van der Waals surface area contributed by atoms with Gasteiger partial charge in [-0.05, 0) is 26.0 Å². The number of hydrogen-bond donors (Lipinski definition) is 1. The largest absolute Gasteiger partial charge is 0.309 e. The van der Waals surface area contributed by atoms with Crippen LogP contribution in [0.1, 0.15) is 12.8 Å². The lowest BCUT2D eigenvalue weighted by molar-refractivity contribution is -0.121. The fraction of sp³-hybridized carbons (Fsp3) is 0.417. The summed E-state index contributed by atoms with van der Waals surface area (Å²) in [6, 6.07) is 1.44. The summed E-state index contributed by atoms with van der Waals surface area (Å²) >= 11 is 13.5. The first-order chi connectivity index (χ1) is 9.63. The number of rotatable bonds is 2. The standard InChI is InChI=1S/C12H12Cl2N4OS/c1-15-8-3-2-4-18(12(8)19)11-7(14)5-6(13)9-10(11)17-20-16-9/h5,8,15H,2-4H2,1H3. The first kappa shape index (κ1) is 14.0. The molecule has 1 saturated heterocycles. The van der Waals surface area contributed by atoms with Gasteiger partial charge < -0.3 is 10.2 Å². The molecule has 1 aromatic heterocycles. The molecule has 1 aliphatic rings. The minimum atomic E-state index is -0.183. The fourth-order valence-electron chi connectivity index (χ4n) is 2.48. The first-order valence-corrected chi connectivity index (χ1v) is 7.71. The van der Waals surface area contributed by atoms with Crippen molar-refractivity contribution < 1.29 is 4.79 Å². The topological polar surface area (TPSA) is 58.1 Å². The quantitative estimate of drug-likeness (QED) is 0.919. The number of fused-ring (bicyclic) bond motifs is 1. The average molecular weight is 331 g/mol. The van der Waals surface area contributed by atoms with Gasteiger partial charge in [0.1, 0.15) is 11.0 Å². The van der Waals surface area contributed by atoms with Crippen LogP contribution >= 0.6 is 34.9 Å². The number of carbonyl (C=O) groups is 1. The maximum Gasteiger partial charge on any atom is 0.244 e. The van der Waals surface area contributed by atoms with Gasteiger partial charge in [-0.1, -0.05) is 23.2 Å². The zero-order chi connectivity index (χ0) is 14.3. The van der Waals surface area contributed by atoms with Gasteiger partial charge in [-0.3, -0.25) is 4.79 Å². The van der Waals surface area contributed by atoms with E-state index in [1.54, 1.807) is 18.0 Å². The molecule has 5 nitrogen and oxygen atoms in total. The van der Waals surface area contributed by atoms with Crippen LogP contribution in [0.2, 0.25) is 10.0 Å². The number of likely N-dealkylation sites (N-methyl/N-ethyl adjacent to an activating group) is 1. The molecule has 2 aromatic rings. The number of hydrogen-bond acceptors (Lipinski definition) is 5. The van der Waals surface area contributed by atoms with Crippen molar-refractivity contribution in [2.45, 2.75) is 18.9 Å². The molecule has 0 radical (unpaired) electrons. The third kappa shape index (κ3) is 2.16. The van der Waals surface area contributed by atoms with Gasteiger partial charge in [0, 0.05) is 6.54 Å². The summed E-state index contributed by atoms with van der Waals surface area (Å²) in [6.45, 7) is 0.630. The Labute approximate surface area is 130 Å². The molecular weight excluding hydrogens is 319 g/mol. The van der Waals surface area contributed by atoms with E-state index in [1.807, 2.05) is 0 Å². The molecule has 0 aliphatic carbocycles. The molecule has 1 amide bonds. The summed E-state index contributed by atoms with van der Waals surface area (Å²) in [5.41, 5.74) is 1.80. The summed E-state index contributed by atoms with van der Waals surface area (Å²) in [4.78, 5) is 14.2. The van der Waals surface area contributed by atoms with Crippen molar-refractivity contribution in [2.75, 3.05) is 18.5 Å². The van der Waals surface area contributed by atoms with E-state index >= 15 is 0 Å². The molecule has 0 bridgehead atoms. The number of benzene rings is 1. The van der Waals surface area contributed by atoms with Gasteiger partial charge in [-0.25, -0.2) is 0 Å². The minimum absolute atomic E-state index is 0.0114. The van der Waals surface area contributed by atoms with Crippen molar-refractivity contribution in [1.82, 2.24) is 14.1 Å². The van der Waals surface area contributed by atoms with E-state index in [0.29, 0.717) is 33.3 Å². The van der Waals surface area contributed by atoms with Gasteiger partial charge in [-0.2, -0.15) is 8.75 Å². The van der Waals surface area contributed by atoms with Gasteiger partial charge in [0.05, 0.1) is 33.5 Å². The van der Waals surface area contributed by atoms with E-state index in [4.69, 9.17) is 23.2 Å². The van der Waals surface area contributed by atoms with E-state index in [1.165, 1.54) is 0 Å². The Morgan fingerprint density at radius 3 is 2.85 bits per heavy atom. The molecule has 2 heterocycles. The van der Waals surface area contributed by atoms with E-state index in [9.17, 15) is 4.79 Å². The highest BCUT2D eigenvalue weighted by molar-refractivity contribution is 7.00. The van der Waals surface area contributed by atoms with Crippen LogP contribution in [0.25, 0.3) is 11.0 Å².